The Balaban J connectivity index is 1.50. The molecule has 0 radical (unpaired) electrons. The second kappa shape index (κ2) is 9.03. The normalized spacial score (nSPS) is 16.2. The van der Waals surface area contributed by atoms with Gasteiger partial charge in [-0.15, -0.1) is 0 Å². The highest BCUT2D eigenvalue weighted by atomic mass is 16.2. The number of anilines is 1. The van der Waals surface area contributed by atoms with E-state index in [1.54, 1.807) is 17.0 Å². The van der Waals surface area contributed by atoms with Gasteiger partial charge in [0.25, 0.3) is 5.91 Å². The number of amides is 4. The largest absolute Gasteiger partial charge is 0.324 e. The molecule has 2 aromatic rings. The topological polar surface area (TPSA) is 90.5 Å². The first-order chi connectivity index (χ1) is 13.5. The van der Waals surface area contributed by atoms with Gasteiger partial charge in [-0.2, -0.15) is 0 Å². The third-order valence-electron chi connectivity index (χ3n) is 4.72. The van der Waals surface area contributed by atoms with Crippen molar-refractivity contribution in [3.05, 3.63) is 65.7 Å². The Labute approximate surface area is 164 Å². The van der Waals surface area contributed by atoms with Crippen molar-refractivity contribution < 1.29 is 14.4 Å². The minimum Gasteiger partial charge on any atom is -0.324 e. The van der Waals surface area contributed by atoms with Crippen LogP contribution in [0.15, 0.2) is 54.6 Å². The first kappa shape index (κ1) is 19.4. The molecule has 146 valence electrons. The highest BCUT2D eigenvalue weighted by molar-refractivity contribution is 5.95. The van der Waals surface area contributed by atoms with Gasteiger partial charge in [0.1, 0.15) is 0 Å². The summed E-state index contributed by atoms with van der Waals surface area (Å²) in [6.07, 6.45) is 1.40. The smallest absolute Gasteiger partial charge is 0.321 e. The van der Waals surface area contributed by atoms with Crippen LogP contribution in [0, 0.1) is 12.8 Å². The summed E-state index contributed by atoms with van der Waals surface area (Å²) in [5.41, 5.74) is 7.16. The lowest BCUT2D eigenvalue weighted by atomic mass is 9.97. The van der Waals surface area contributed by atoms with Crippen LogP contribution in [0.25, 0.3) is 0 Å². The van der Waals surface area contributed by atoms with Crippen LogP contribution in [0.3, 0.4) is 0 Å². The van der Waals surface area contributed by atoms with Gasteiger partial charge in [-0.1, -0.05) is 35.9 Å². The van der Waals surface area contributed by atoms with E-state index in [0.29, 0.717) is 30.8 Å². The van der Waals surface area contributed by atoms with Crippen molar-refractivity contribution in [2.45, 2.75) is 19.8 Å². The Morgan fingerprint density at radius 1 is 0.964 bits per heavy atom. The van der Waals surface area contributed by atoms with Crippen LogP contribution in [0.1, 0.15) is 28.8 Å². The number of rotatable bonds is 3. The van der Waals surface area contributed by atoms with Crippen LogP contribution in [0.4, 0.5) is 10.5 Å². The van der Waals surface area contributed by atoms with Crippen molar-refractivity contribution in [1.82, 2.24) is 15.8 Å². The second-order valence-electron chi connectivity index (χ2n) is 6.89. The van der Waals surface area contributed by atoms with E-state index in [4.69, 9.17) is 0 Å². The molecule has 1 saturated heterocycles. The van der Waals surface area contributed by atoms with E-state index in [0.717, 1.165) is 12.0 Å². The predicted octanol–water partition coefficient (Wildman–Crippen LogP) is 2.70. The van der Waals surface area contributed by atoms with Gasteiger partial charge in [-0.25, -0.2) is 4.79 Å². The predicted molar refractivity (Wildman–Crippen MR) is 107 cm³/mol. The number of hydrogen-bond donors (Lipinski definition) is 3. The molecule has 28 heavy (non-hydrogen) atoms. The van der Waals surface area contributed by atoms with Gasteiger partial charge in [0, 0.05) is 24.3 Å². The van der Waals surface area contributed by atoms with Crippen LogP contribution >= 0.6 is 0 Å². The molecule has 0 spiro atoms. The number of urea groups is 1. The number of nitrogens with zero attached hydrogens (tertiary/aromatic N) is 1. The van der Waals surface area contributed by atoms with Crippen molar-refractivity contribution in [3.8, 4) is 0 Å². The van der Waals surface area contributed by atoms with E-state index < -0.39 is 0 Å². The molecule has 3 N–H and O–H groups in total. The summed E-state index contributed by atoms with van der Waals surface area (Å²) in [5.74, 6) is -1.03. The number of hydrazine groups is 1. The van der Waals surface area contributed by atoms with Gasteiger partial charge in [-0.3, -0.25) is 20.4 Å². The summed E-state index contributed by atoms with van der Waals surface area (Å²) in [6, 6.07) is 16.0. The molecule has 1 heterocycles. The maximum absolute atomic E-state index is 12.4. The van der Waals surface area contributed by atoms with E-state index in [-0.39, 0.29) is 23.8 Å². The third-order valence-corrected chi connectivity index (χ3v) is 4.72. The number of piperidine rings is 1. The molecule has 2 aromatic carbocycles. The molecule has 3 rings (SSSR count). The fourth-order valence-corrected chi connectivity index (χ4v) is 3.10. The van der Waals surface area contributed by atoms with Gasteiger partial charge in [0.15, 0.2) is 0 Å². The molecular weight excluding hydrogens is 356 g/mol. The lowest BCUT2D eigenvalue weighted by Crippen LogP contribution is -2.50. The van der Waals surface area contributed by atoms with Crippen LogP contribution in [0.5, 0.6) is 0 Å². The maximum atomic E-state index is 12.4. The molecule has 1 aliphatic heterocycles. The van der Waals surface area contributed by atoms with E-state index in [9.17, 15) is 14.4 Å². The fourth-order valence-electron chi connectivity index (χ4n) is 3.10. The van der Waals surface area contributed by atoms with Crippen molar-refractivity contribution >= 4 is 23.5 Å². The Hall–Kier alpha value is -3.35. The molecule has 1 fully saturated rings. The Kier molecular flexibility index (Phi) is 6.26. The minimum absolute atomic E-state index is 0.229. The van der Waals surface area contributed by atoms with E-state index in [2.05, 4.69) is 16.2 Å². The summed E-state index contributed by atoms with van der Waals surface area (Å²) in [5, 5.41) is 2.83. The molecule has 1 aliphatic rings. The Bertz CT molecular complexity index is 836. The zero-order valence-electron chi connectivity index (χ0n) is 15.8. The minimum atomic E-state index is -0.372. The van der Waals surface area contributed by atoms with Gasteiger partial charge < -0.3 is 10.2 Å². The highest BCUT2D eigenvalue weighted by Crippen LogP contribution is 2.18. The van der Waals surface area contributed by atoms with E-state index in [1.807, 2.05) is 49.4 Å². The number of carbonyl (C=O) groups excluding carboxylic acids is 3. The lowest BCUT2D eigenvalue weighted by molar-refractivity contribution is -0.127. The number of aryl methyl sites for hydroxylation is 1. The van der Waals surface area contributed by atoms with Crippen molar-refractivity contribution in [2.75, 3.05) is 18.4 Å². The Morgan fingerprint density at radius 3 is 2.39 bits per heavy atom. The molecule has 7 nitrogen and oxygen atoms in total. The van der Waals surface area contributed by atoms with Gasteiger partial charge >= 0.3 is 6.03 Å². The first-order valence-electron chi connectivity index (χ1n) is 9.31. The van der Waals surface area contributed by atoms with Gasteiger partial charge in [-0.05, 0) is 44.0 Å². The quantitative estimate of drug-likeness (QED) is 0.715. The zero-order chi connectivity index (χ0) is 19.9. The molecule has 0 unspecified atom stereocenters. The second-order valence-corrected chi connectivity index (χ2v) is 6.89. The SMILES string of the molecule is Cc1ccc(C(=O)NNC(=O)[C@@H]2CCCN(C(=O)Nc3ccccc3)C2)cc1. The molecule has 4 amide bonds. The molecule has 1 atom stereocenters. The fraction of sp³-hybridized carbons (Fsp3) is 0.286. The number of nitrogens with one attached hydrogen (secondary N) is 3. The zero-order valence-corrected chi connectivity index (χ0v) is 15.8. The molecule has 0 bridgehead atoms. The van der Waals surface area contributed by atoms with Crippen molar-refractivity contribution in [2.24, 2.45) is 5.92 Å². The Morgan fingerprint density at radius 2 is 1.68 bits per heavy atom. The maximum Gasteiger partial charge on any atom is 0.321 e. The van der Waals surface area contributed by atoms with Crippen LogP contribution in [-0.4, -0.2) is 35.8 Å². The molecule has 0 aromatic heterocycles. The molecule has 7 heteroatoms. The monoisotopic (exact) mass is 380 g/mol. The van der Waals surface area contributed by atoms with E-state index >= 15 is 0 Å². The number of hydrogen-bond acceptors (Lipinski definition) is 3. The molecule has 0 aliphatic carbocycles. The van der Waals surface area contributed by atoms with Crippen LogP contribution < -0.4 is 16.2 Å². The summed E-state index contributed by atoms with van der Waals surface area (Å²) >= 11 is 0. The average molecular weight is 380 g/mol. The number of likely N-dealkylation sites (tertiary alicyclic amines) is 1. The molecular formula is C21H24N4O3. The number of para-hydroxylation sites is 1. The van der Waals surface area contributed by atoms with Gasteiger partial charge in [0.2, 0.25) is 5.91 Å². The summed E-state index contributed by atoms with van der Waals surface area (Å²) in [7, 11) is 0. The van der Waals surface area contributed by atoms with E-state index in [1.165, 1.54) is 0 Å². The van der Waals surface area contributed by atoms with Crippen molar-refractivity contribution in [1.29, 1.82) is 0 Å². The van der Waals surface area contributed by atoms with Gasteiger partial charge in [0.05, 0.1) is 5.92 Å². The summed E-state index contributed by atoms with van der Waals surface area (Å²) in [4.78, 5) is 38.6. The van der Waals surface area contributed by atoms with Crippen molar-refractivity contribution in [3.63, 3.8) is 0 Å². The standard InChI is InChI=1S/C21H24N4O3/c1-15-9-11-16(12-10-15)19(26)23-24-20(27)17-6-5-13-25(14-17)21(28)22-18-7-3-2-4-8-18/h2-4,7-12,17H,5-6,13-14H2,1H3,(H,22,28)(H,23,26)(H,24,27)/t17-/m1/s1. The molecule has 0 saturated carbocycles. The summed E-state index contributed by atoms with van der Waals surface area (Å²) in [6.45, 7) is 2.84. The lowest BCUT2D eigenvalue weighted by Gasteiger charge is -2.32. The third kappa shape index (κ3) is 5.09. The summed E-state index contributed by atoms with van der Waals surface area (Å²) < 4.78 is 0. The van der Waals surface area contributed by atoms with Crippen LogP contribution in [0.2, 0.25) is 0 Å². The number of benzene rings is 2. The van der Waals surface area contributed by atoms with Crippen LogP contribution in [-0.2, 0) is 4.79 Å². The highest BCUT2D eigenvalue weighted by Gasteiger charge is 2.28. The first-order valence-corrected chi connectivity index (χ1v) is 9.31. The average Bonchev–Trinajstić information content (AvgIpc) is 2.73. The number of carbonyl (C=O) groups is 3.